The molecule has 0 bridgehead atoms. The number of rotatable bonds is 21. The topological polar surface area (TPSA) is 649 Å². The number of fused-ring (bicyclic) bond motifs is 7. The van der Waals surface area contributed by atoms with Gasteiger partial charge in [-0.15, -0.1) is 0 Å². The number of aliphatic hydroxyl groups is 23. The fraction of sp³-hybridized carbons (Fsp3) is 0.962. The lowest BCUT2D eigenvalue weighted by Gasteiger charge is -2.71. The average molecular weight is 1750 g/mol. The summed E-state index contributed by atoms with van der Waals surface area (Å²) in [5, 5.41) is 255. The van der Waals surface area contributed by atoms with Crippen molar-refractivity contribution in [2.75, 3.05) is 52.9 Å². The molecule has 13 fully saturated rings. The Morgan fingerprint density at radius 3 is 1.55 bits per heavy atom. The number of aliphatic hydroxyl groups excluding tert-OH is 23. The van der Waals surface area contributed by atoms with Crippen LogP contribution in [0, 0.1) is 50.2 Å². The fourth-order valence-corrected chi connectivity index (χ4v) is 22.3. The van der Waals surface area contributed by atoms with Gasteiger partial charge in [0.25, 0.3) is 0 Å². The molecule has 121 heavy (non-hydrogen) atoms. The van der Waals surface area contributed by atoms with Crippen LogP contribution in [0.1, 0.15) is 120 Å². The summed E-state index contributed by atoms with van der Waals surface area (Å²) in [6.07, 6.45) is -62.5. The minimum Gasteiger partial charge on any atom is -0.432 e. The smallest absolute Gasteiger partial charge is 0.315 e. The molecule has 0 aromatic rings. The van der Waals surface area contributed by atoms with E-state index in [9.17, 15) is 117 Å². The van der Waals surface area contributed by atoms with Crippen LogP contribution in [0.15, 0.2) is 11.6 Å². The van der Waals surface area contributed by atoms with Crippen LogP contribution < -0.4 is 0 Å². The Morgan fingerprint density at radius 1 is 0.405 bits per heavy atom. The SMILES string of the molecule is CC1OC(OC2C(CO)OC(OCC3OC(OC(=O)C45CCC(C)(C)CC4C4=CCC6C7(C)CCC(OC8OCC(O)C(O)C8OC8OC(C)C(O)C(OC9OCC(OC%10OCC(O)C(O)C%10O)C(O)C9O)C8O)C(C)(CO)C7CCC6(C)C4(C)CC5)C(OC4OCC(O)C(OC5OCC(O)C(O)C5O)C4O)C(O)C3O)C(O)C2O)C(O)C(O)C1O. The Hall–Kier alpha value is -2.39. The number of esters is 1. The van der Waals surface area contributed by atoms with Crippen molar-refractivity contribution in [3.63, 3.8) is 0 Å². The maximum Gasteiger partial charge on any atom is 0.315 e. The van der Waals surface area contributed by atoms with Gasteiger partial charge in [-0.2, -0.15) is 0 Å². The molecule has 42 heteroatoms. The summed E-state index contributed by atoms with van der Waals surface area (Å²) in [5.41, 5.74) is -3.19. The van der Waals surface area contributed by atoms with E-state index in [0.717, 1.165) is 5.57 Å². The summed E-state index contributed by atoms with van der Waals surface area (Å²) in [5.74, 6) is -1.54. The number of allylic oxidation sites excluding steroid dienone is 2. The van der Waals surface area contributed by atoms with Crippen LogP contribution in [-0.4, -0.2) is 428 Å². The second kappa shape index (κ2) is 36.7. The van der Waals surface area contributed by atoms with Crippen LogP contribution in [0.5, 0.6) is 0 Å². The molecule has 9 saturated heterocycles. The van der Waals surface area contributed by atoms with Crippen molar-refractivity contribution in [2.24, 2.45) is 50.2 Å². The van der Waals surface area contributed by atoms with Gasteiger partial charge in [0.2, 0.25) is 6.29 Å². The quantitative estimate of drug-likeness (QED) is 0.0288. The molecular weight excluding hydrogens is 1620 g/mol. The molecule has 5 aliphatic carbocycles. The lowest BCUT2D eigenvalue weighted by molar-refractivity contribution is -0.382. The summed E-state index contributed by atoms with van der Waals surface area (Å²) in [7, 11) is 0. The van der Waals surface area contributed by atoms with E-state index in [1.54, 1.807) is 0 Å². The lowest BCUT2D eigenvalue weighted by atomic mass is 9.33. The first-order valence-electron chi connectivity index (χ1n) is 42.3. The van der Waals surface area contributed by atoms with E-state index in [-0.39, 0.29) is 30.3 Å². The third kappa shape index (κ3) is 17.3. The van der Waals surface area contributed by atoms with Crippen molar-refractivity contribution in [1.82, 2.24) is 0 Å². The molecule has 696 valence electrons. The summed E-state index contributed by atoms with van der Waals surface area (Å²) < 4.78 is 107. The van der Waals surface area contributed by atoms with Crippen molar-refractivity contribution in [3.05, 3.63) is 11.6 Å². The van der Waals surface area contributed by atoms with Crippen molar-refractivity contribution >= 4 is 5.97 Å². The highest BCUT2D eigenvalue weighted by molar-refractivity contribution is 5.79. The van der Waals surface area contributed by atoms with Crippen molar-refractivity contribution < 1.29 is 208 Å². The fourth-order valence-electron chi connectivity index (χ4n) is 22.3. The molecule has 9 aliphatic heterocycles. The summed E-state index contributed by atoms with van der Waals surface area (Å²) in [4.78, 5) is 16.2. The molecule has 23 N–H and O–H groups in total. The summed E-state index contributed by atoms with van der Waals surface area (Å²) in [6, 6.07) is 0. The van der Waals surface area contributed by atoms with Gasteiger partial charge in [-0.05, 0) is 117 Å². The first kappa shape index (κ1) is 94.7. The molecule has 49 atom stereocenters. The zero-order valence-corrected chi connectivity index (χ0v) is 68.8. The molecule has 0 amide bonds. The average Bonchev–Trinajstić information content (AvgIpc) is 0.672. The van der Waals surface area contributed by atoms with Crippen LogP contribution in [-0.2, 0) is 90.1 Å². The molecule has 0 radical (unpaired) electrons. The zero-order valence-electron chi connectivity index (χ0n) is 68.8. The van der Waals surface area contributed by atoms with Gasteiger partial charge in [-0.3, -0.25) is 4.79 Å². The van der Waals surface area contributed by atoms with Gasteiger partial charge in [0, 0.05) is 5.41 Å². The highest BCUT2D eigenvalue weighted by Crippen LogP contribution is 2.76. The largest absolute Gasteiger partial charge is 0.432 e. The van der Waals surface area contributed by atoms with Crippen molar-refractivity contribution in [1.29, 1.82) is 0 Å². The standard InChI is InChI=1S/C79H128O42/c1-28-42(86)49(93)55(99)69(110-28)117-60-36(20-80)112-65(56(100)51(60)95)108-25-37-47(91)50(94)63(119-68-57(101)59(35(85)24-106-68)116-66-53(97)45(89)33(83)22-105-66)72(114-37)121-73(103)79-17-15-74(3,4)19-31(79)30-9-10-40-75(5)13-12-41(76(6,27-81)39(75)11-14-78(40,8)77(30,7)16-18-79)115-71-62(46(90)34(84)23-107-71)120-70-58(102)61(43(87)29(2)111-70)118-67-54(98)48(92)38(26-109-67)113-64-52(96)44(88)32(82)21-104-64/h9,28-29,31-72,80-102H,10-27H2,1-8H3. The molecule has 14 rings (SSSR count). The monoisotopic (exact) mass is 1750 g/mol. The van der Waals surface area contributed by atoms with E-state index in [2.05, 4.69) is 40.7 Å². The first-order chi connectivity index (χ1) is 57.0. The van der Waals surface area contributed by atoms with Crippen molar-refractivity contribution in [2.45, 2.75) is 372 Å². The number of hydrogen-bond acceptors (Lipinski definition) is 42. The minimum atomic E-state index is -2.14. The lowest BCUT2D eigenvalue weighted by Crippen LogP contribution is -2.67. The molecule has 42 nitrogen and oxygen atoms in total. The van der Waals surface area contributed by atoms with Crippen LogP contribution in [0.25, 0.3) is 0 Å². The Morgan fingerprint density at radius 2 is 0.901 bits per heavy atom. The van der Waals surface area contributed by atoms with Crippen LogP contribution >= 0.6 is 0 Å². The van der Waals surface area contributed by atoms with Crippen LogP contribution in [0.4, 0.5) is 0 Å². The Kier molecular flexibility index (Phi) is 28.8. The Balaban J connectivity index is 0.681. The van der Waals surface area contributed by atoms with Crippen LogP contribution in [0.3, 0.4) is 0 Å². The second-order valence-corrected chi connectivity index (χ2v) is 37.9. The van der Waals surface area contributed by atoms with Gasteiger partial charge < -0.3 is 203 Å². The third-order valence-corrected chi connectivity index (χ3v) is 30.1. The van der Waals surface area contributed by atoms with Gasteiger partial charge in [0.1, 0.15) is 171 Å². The van der Waals surface area contributed by atoms with E-state index in [1.165, 1.54) is 13.8 Å². The van der Waals surface area contributed by atoms with Gasteiger partial charge in [0.05, 0.1) is 76.6 Å². The van der Waals surface area contributed by atoms with Gasteiger partial charge in [-0.1, -0.05) is 53.2 Å². The maximum absolute atomic E-state index is 16.2. The molecular formula is C79H128O42. The molecule has 14 aliphatic rings. The molecule has 0 aromatic carbocycles. The molecule has 4 saturated carbocycles. The molecule has 0 spiro atoms. The minimum absolute atomic E-state index is 0.0441. The highest BCUT2D eigenvalue weighted by Gasteiger charge is 2.72. The van der Waals surface area contributed by atoms with E-state index in [4.69, 9.17) is 85.3 Å². The summed E-state index contributed by atoms with van der Waals surface area (Å²) in [6.45, 7) is 11.2. The van der Waals surface area contributed by atoms with Gasteiger partial charge in [-0.25, -0.2) is 0 Å². The predicted octanol–water partition coefficient (Wildman–Crippen LogP) is -8.69. The number of carbonyl (C=O) groups is 1. The molecule has 0 aromatic heterocycles. The van der Waals surface area contributed by atoms with Crippen molar-refractivity contribution in [3.8, 4) is 0 Å². The summed E-state index contributed by atoms with van der Waals surface area (Å²) >= 11 is 0. The van der Waals surface area contributed by atoms with E-state index >= 15 is 4.79 Å². The normalized spacial score (nSPS) is 55.3. The molecule has 49 unspecified atom stereocenters. The van der Waals surface area contributed by atoms with E-state index in [1.807, 2.05) is 6.92 Å². The van der Waals surface area contributed by atoms with Gasteiger partial charge in [0.15, 0.2) is 56.4 Å². The van der Waals surface area contributed by atoms with E-state index in [0.29, 0.717) is 57.8 Å². The number of carbonyl (C=O) groups excluding carboxylic acids is 1. The van der Waals surface area contributed by atoms with E-state index < -0.39 is 337 Å². The number of hydrogen-bond donors (Lipinski definition) is 23. The highest BCUT2D eigenvalue weighted by atomic mass is 16.8. The third-order valence-electron chi connectivity index (χ3n) is 30.1. The second-order valence-electron chi connectivity index (χ2n) is 37.9. The Bertz CT molecular complexity index is 3480. The van der Waals surface area contributed by atoms with Crippen LogP contribution in [0.2, 0.25) is 0 Å². The predicted molar refractivity (Wildman–Crippen MR) is 395 cm³/mol. The zero-order chi connectivity index (χ0) is 87.7. The van der Waals surface area contributed by atoms with Gasteiger partial charge >= 0.3 is 5.97 Å². The first-order valence-corrected chi connectivity index (χ1v) is 42.3. The Labute approximate surface area is 697 Å². The molecule has 9 heterocycles. The number of ether oxygens (including phenoxy) is 18. The maximum atomic E-state index is 16.2.